The lowest BCUT2D eigenvalue weighted by Crippen LogP contribution is -2.44. The Labute approximate surface area is 111 Å². The van der Waals surface area contributed by atoms with Crippen LogP contribution in [0.1, 0.15) is 17.3 Å². The van der Waals surface area contributed by atoms with Crippen LogP contribution in [0, 0.1) is 0 Å². The lowest BCUT2D eigenvalue weighted by Gasteiger charge is -2.24. The Morgan fingerprint density at radius 3 is 3.00 bits per heavy atom. The average Bonchev–Trinajstić information content (AvgIpc) is 2.78. The molecule has 0 spiro atoms. The number of hydrogen-bond donors (Lipinski definition) is 0. The summed E-state index contributed by atoms with van der Waals surface area (Å²) in [5.74, 6) is 0.247. The van der Waals surface area contributed by atoms with E-state index >= 15 is 0 Å². The highest BCUT2D eigenvalue weighted by molar-refractivity contribution is 5.96. The quantitative estimate of drug-likeness (QED) is 0.666. The van der Waals surface area contributed by atoms with Crippen molar-refractivity contribution in [3.8, 4) is 5.88 Å². The number of hydrogen-bond acceptors (Lipinski definition) is 4. The van der Waals surface area contributed by atoms with Gasteiger partial charge in [-0.2, -0.15) is 0 Å². The Morgan fingerprint density at radius 1 is 1.47 bits per heavy atom. The van der Waals surface area contributed by atoms with Gasteiger partial charge in [-0.25, -0.2) is 4.98 Å². The van der Waals surface area contributed by atoms with Gasteiger partial charge in [-0.15, -0.1) is 0 Å². The molecule has 2 aliphatic rings. The Balaban J connectivity index is 1.97. The highest BCUT2D eigenvalue weighted by atomic mass is 16.5. The summed E-state index contributed by atoms with van der Waals surface area (Å²) in [7, 11) is 1.75. The van der Waals surface area contributed by atoms with Gasteiger partial charge in [-0.05, 0) is 12.1 Å². The number of amides is 2. The Hall–Kier alpha value is -2.11. The maximum Gasteiger partial charge on any atom is 0.259 e. The Morgan fingerprint density at radius 2 is 2.26 bits per heavy atom. The van der Waals surface area contributed by atoms with E-state index in [0.717, 1.165) is 0 Å². The van der Waals surface area contributed by atoms with Crippen LogP contribution in [0.5, 0.6) is 5.88 Å². The van der Waals surface area contributed by atoms with E-state index in [1.54, 1.807) is 35.2 Å². The van der Waals surface area contributed by atoms with Crippen molar-refractivity contribution in [2.75, 3.05) is 20.1 Å². The third-order valence-corrected chi connectivity index (χ3v) is 3.76. The highest BCUT2D eigenvalue weighted by Gasteiger charge is 2.43. The first kappa shape index (κ1) is 12.0. The van der Waals surface area contributed by atoms with Crippen LogP contribution in [0.15, 0.2) is 18.3 Å². The van der Waals surface area contributed by atoms with E-state index in [-0.39, 0.29) is 24.0 Å². The van der Waals surface area contributed by atoms with E-state index in [1.807, 2.05) is 0 Å². The van der Waals surface area contributed by atoms with E-state index in [0.29, 0.717) is 24.5 Å². The van der Waals surface area contributed by atoms with Gasteiger partial charge >= 0.3 is 0 Å². The molecule has 0 bridgehead atoms. The highest BCUT2D eigenvalue weighted by Crippen LogP contribution is 2.28. The van der Waals surface area contributed by atoms with Crippen LogP contribution in [0.25, 0.3) is 0 Å². The third-order valence-electron chi connectivity index (χ3n) is 3.76. The first-order valence-corrected chi connectivity index (χ1v) is 6.22. The molecule has 1 saturated heterocycles. The molecule has 0 N–H and O–H groups in total. The molecular weight excluding hydrogens is 246 g/mol. The molecule has 2 atom stereocenters. The monoisotopic (exact) mass is 261 g/mol. The fraction of sp³-hybridized carbons (Fsp3) is 0.462. The van der Waals surface area contributed by atoms with Gasteiger partial charge in [0.05, 0.1) is 12.6 Å². The van der Waals surface area contributed by atoms with Gasteiger partial charge in [0.2, 0.25) is 11.8 Å². The molecular formula is C13H15N3O3. The predicted octanol–water partition coefficient (Wildman–Crippen LogP) is 0.145. The van der Waals surface area contributed by atoms with Crippen molar-refractivity contribution < 1.29 is 14.3 Å². The Kier molecular flexibility index (Phi) is 2.66. The van der Waals surface area contributed by atoms with Crippen LogP contribution in [-0.2, 0) is 4.79 Å². The Bertz CT molecular complexity index is 546. The number of ether oxygens (including phenoxy) is 1. The second-order valence-electron chi connectivity index (χ2n) is 4.92. The fourth-order valence-electron chi connectivity index (χ4n) is 2.63. The smallest absolute Gasteiger partial charge is 0.259 e. The summed E-state index contributed by atoms with van der Waals surface area (Å²) in [4.78, 5) is 31.3. The van der Waals surface area contributed by atoms with Crippen molar-refractivity contribution in [3.05, 3.63) is 23.9 Å². The van der Waals surface area contributed by atoms with E-state index in [1.165, 1.54) is 6.92 Å². The lowest BCUT2D eigenvalue weighted by molar-refractivity contribution is -0.128. The maximum atomic E-state index is 12.4. The van der Waals surface area contributed by atoms with Gasteiger partial charge in [0.25, 0.3) is 5.91 Å². The molecule has 100 valence electrons. The number of rotatable bonds is 0. The third kappa shape index (κ3) is 1.83. The number of carbonyl (C=O) groups is 2. The molecule has 2 amide bonds. The number of likely N-dealkylation sites (N-methyl/N-ethyl adjacent to an activating group) is 1. The number of carbonyl (C=O) groups excluding carboxylic acids is 2. The molecule has 1 aromatic heterocycles. The summed E-state index contributed by atoms with van der Waals surface area (Å²) < 4.78 is 5.83. The van der Waals surface area contributed by atoms with Crippen LogP contribution in [0.3, 0.4) is 0 Å². The van der Waals surface area contributed by atoms with Crippen molar-refractivity contribution in [3.63, 3.8) is 0 Å². The zero-order chi connectivity index (χ0) is 13.6. The lowest BCUT2D eigenvalue weighted by atomic mass is 10.2. The molecule has 2 aliphatic heterocycles. The van der Waals surface area contributed by atoms with E-state index in [9.17, 15) is 9.59 Å². The van der Waals surface area contributed by atoms with Gasteiger partial charge in [0.1, 0.15) is 11.7 Å². The van der Waals surface area contributed by atoms with Crippen LogP contribution >= 0.6 is 0 Å². The normalized spacial score (nSPS) is 25.5. The summed E-state index contributed by atoms with van der Waals surface area (Å²) in [6.07, 6.45) is 1.39. The molecule has 0 aromatic carbocycles. The second-order valence-corrected chi connectivity index (χ2v) is 4.92. The van der Waals surface area contributed by atoms with Crippen molar-refractivity contribution in [1.29, 1.82) is 0 Å². The number of aromatic nitrogens is 1. The van der Waals surface area contributed by atoms with Gasteiger partial charge < -0.3 is 14.5 Å². The molecule has 0 aliphatic carbocycles. The van der Waals surface area contributed by atoms with E-state index in [2.05, 4.69) is 4.98 Å². The number of likely N-dealkylation sites (tertiary alicyclic amines) is 1. The van der Waals surface area contributed by atoms with Crippen molar-refractivity contribution in [1.82, 2.24) is 14.8 Å². The van der Waals surface area contributed by atoms with Gasteiger partial charge in [-0.1, -0.05) is 0 Å². The molecule has 6 heteroatoms. The van der Waals surface area contributed by atoms with Crippen LogP contribution in [0.2, 0.25) is 0 Å². The number of fused-ring (bicyclic) bond motifs is 2. The molecule has 19 heavy (non-hydrogen) atoms. The topological polar surface area (TPSA) is 62.7 Å². The number of pyridine rings is 1. The van der Waals surface area contributed by atoms with Gasteiger partial charge in [-0.3, -0.25) is 9.59 Å². The fourth-order valence-corrected chi connectivity index (χ4v) is 2.63. The standard InChI is InChI=1S/C13H15N3O3/c1-8(17)16-6-10-11(7-16)19-12-9(4-3-5-14-12)13(18)15(10)2/h3-5,10-11H,6-7H2,1-2H3/t10-,11+/m1/s1. The molecule has 0 saturated carbocycles. The largest absolute Gasteiger partial charge is 0.470 e. The summed E-state index contributed by atoms with van der Waals surface area (Å²) in [6, 6.07) is 3.31. The molecule has 0 unspecified atom stereocenters. The van der Waals surface area contributed by atoms with Crippen molar-refractivity contribution in [2.45, 2.75) is 19.1 Å². The SMILES string of the molecule is CC(=O)N1C[C@@H]2Oc3ncccc3C(=O)N(C)[C@@H]2C1. The molecule has 6 nitrogen and oxygen atoms in total. The molecule has 3 heterocycles. The maximum absolute atomic E-state index is 12.4. The van der Waals surface area contributed by atoms with Crippen molar-refractivity contribution in [2.24, 2.45) is 0 Å². The minimum Gasteiger partial charge on any atom is -0.470 e. The molecule has 0 radical (unpaired) electrons. The molecule has 3 rings (SSSR count). The van der Waals surface area contributed by atoms with E-state index < -0.39 is 0 Å². The van der Waals surface area contributed by atoms with Crippen molar-refractivity contribution >= 4 is 11.8 Å². The summed E-state index contributed by atoms with van der Waals surface area (Å²) in [6.45, 7) is 2.53. The summed E-state index contributed by atoms with van der Waals surface area (Å²) in [5, 5.41) is 0. The molecule has 1 fully saturated rings. The summed E-state index contributed by atoms with van der Waals surface area (Å²) >= 11 is 0. The van der Waals surface area contributed by atoms with Crippen LogP contribution < -0.4 is 4.74 Å². The predicted molar refractivity (Wildman–Crippen MR) is 66.8 cm³/mol. The minimum absolute atomic E-state index is 0.00114. The number of nitrogens with zero attached hydrogens (tertiary/aromatic N) is 3. The van der Waals surface area contributed by atoms with Gasteiger partial charge in [0, 0.05) is 26.7 Å². The average molecular weight is 261 g/mol. The van der Waals surface area contributed by atoms with Crippen LogP contribution in [-0.4, -0.2) is 58.9 Å². The summed E-state index contributed by atoms with van der Waals surface area (Å²) in [5.41, 5.74) is 0.480. The van der Waals surface area contributed by atoms with Crippen LogP contribution in [0.4, 0.5) is 0 Å². The van der Waals surface area contributed by atoms with E-state index in [4.69, 9.17) is 4.74 Å². The zero-order valence-corrected chi connectivity index (χ0v) is 10.9. The zero-order valence-electron chi connectivity index (χ0n) is 10.9. The molecule has 1 aromatic rings. The van der Waals surface area contributed by atoms with Gasteiger partial charge in [0.15, 0.2) is 0 Å². The first-order chi connectivity index (χ1) is 9.08. The first-order valence-electron chi connectivity index (χ1n) is 6.22. The second kappa shape index (κ2) is 4.22. The minimum atomic E-state index is -0.214.